The van der Waals surface area contributed by atoms with E-state index in [0.717, 1.165) is 43.3 Å². The minimum atomic E-state index is -0.132. The molecule has 6 nitrogen and oxygen atoms in total. The van der Waals surface area contributed by atoms with E-state index in [-0.39, 0.29) is 5.56 Å². The summed E-state index contributed by atoms with van der Waals surface area (Å²) in [6.07, 6.45) is 2.49. The fourth-order valence-corrected chi connectivity index (χ4v) is 2.59. The predicted molar refractivity (Wildman–Crippen MR) is 85.1 cm³/mol. The molecule has 1 aliphatic heterocycles. The average molecular weight is 300 g/mol. The third-order valence-corrected chi connectivity index (χ3v) is 3.84. The van der Waals surface area contributed by atoms with Gasteiger partial charge in [0.2, 0.25) is 0 Å². The van der Waals surface area contributed by atoms with Crippen molar-refractivity contribution in [3.8, 4) is 11.4 Å². The Bertz CT molecular complexity index is 696. The number of nitrogens with zero attached hydrogens (tertiary/aromatic N) is 3. The third kappa shape index (κ3) is 3.01. The summed E-state index contributed by atoms with van der Waals surface area (Å²) in [5, 5.41) is 0. The number of aromatic amines is 1. The van der Waals surface area contributed by atoms with Gasteiger partial charge in [-0.25, -0.2) is 9.97 Å². The van der Waals surface area contributed by atoms with E-state index >= 15 is 0 Å². The van der Waals surface area contributed by atoms with Crippen LogP contribution in [0.25, 0.3) is 11.4 Å². The summed E-state index contributed by atoms with van der Waals surface area (Å²) in [7, 11) is 0. The van der Waals surface area contributed by atoms with Crippen LogP contribution in [-0.4, -0.2) is 40.8 Å². The van der Waals surface area contributed by atoms with E-state index < -0.39 is 0 Å². The summed E-state index contributed by atoms with van der Waals surface area (Å²) >= 11 is 0. The molecule has 1 N–H and O–H groups in total. The maximum atomic E-state index is 11.7. The highest BCUT2D eigenvalue weighted by atomic mass is 16.5. The molecule has 1 fully saturated rings. The number of pyridine rings is 1. The lowest BCUT2D eigenvalue weighted by Gasteiger charge is -2.34. The van der Waals surface area contributed by atoms with E-state index in [1.165, 1.54) is 6.07 Å². The van der Waals surface area contributed by atoms with Crippen LogP contribution in [0.15, 0.2) is 29.2 Å². The number of aryl methyl sites for hydroxylation is 1. The van der Waals surface area contributed by atoms with Gasteiger partial charge in [-0.05, 0) is 25.5 Å². The highest BCUT2D eigenvalue weighted by molar-refractivity contribution is 5.56. The molecule has 0 unspecified atom stereocenters. The lowest BCUT2D eigenvalue weighted by Crippen LogP contribution is -2.44. The number of rotatable bonds is 3. The van der Waals surface area contributed by atoms with Crippen LogP contribution in [0.4, 0.5) is 5.82 Å². The minimum Gasteiger partial charge on any atom is -0.377 e. The van der Waals surface area contributed by atoms with Crippen molar-refractivity contribution < 1.29 is 4.74 Å². The number of H-pyrrole nitrogens is 1. The Morgan fingerprint density at radius 2 is 2.32 bits per heavy atom. The molecule has 0 aromatic carbocycles. The Balaban J connectivity index is 1.88. The van der Waals surface area contributed by atoms with E-state index in [1.54, 1.807) is 6.20 Å². The van der Waals surface area contributed by atoms with Crippen molar-refractivity contribution in [1.29, 1.82) is 0 Å². The van der Waals surface area contributed by atoms with Gasteiger partial charge in [0.25, 0.3) is 5.56 Å². The number of anilines is 1. The Morgan fingerprint density at radius 3 is 3.00 bits per heavy atom. The Morgan fingerprint density at radius 1 is 1.45 bits per heavy atom. The van der Waals surface area contributed by atoms with Crippen LogP contribution in [0.3, 0.4) is 0 Å². The van der Waals surface area contributed by atoms with Crippen LogP contribution in [-0.2, 0) is 11.2 Å². The summed E-state index contributed by atoms with van der Waals surface area (Å²) in [5.74, 6) is 1.49. The van der Waals surface area contributed by atoms with Crippen molar-refractivity contribution in [3.05, 3.63) is 40.4 Å². The van der Waals surface area contributed by atoms with Gasteiger partial charge in [-0.2, -0.15) is 0 Å². The van der Waals surface area contributed by atoms with Crippen molar-refractivity contribution in [3.63, 3.8) is 0 Å². The zero-order chi connectivity index (χ0) is 15.5. The normalized spacial score (nSPS) is 18.5. The molecular weight excluding hydrogens is 280 g/mol. The number of hydrogen-bond acceptors (Lipinski definition) is 5. The van der Waals surface area contributed by atoms with E-state index in [2.05, 4.69) is 26.8 Å². The van der Waals surface area contributed by atoms with Gasteiger partial charge in [0.05, 0.1) is 19.3 Å². The second kappa shape index (κ2) is 6.27. The van der Waals surface area contributed by atoms with Crippen LogP contribution in [0.1, 0.15) is 19.5 Å². The van der Waals surface area contributed by atoms with Crippen LogP contribution in [0.2, 0.25) is 0 Å². The third-order valence-electron chi connectivity index (χ3n) is 3.84. The molecule has 2 aromatic heterocycles. The van der Waals surface area contributed by atoms with Crippen molar-refractivity contribution in [2.75, 3.05) is 24.7 Å². The number of ether oxygens (including phenoxy) is 1. The quantitative estimate of drug-likeness (QED) is 0.932. The maximum Gasteiger partial charge on any atom is 0.251 e. The fourth-order valence-electron chi connectivity index (χ4n) is 2.59. The highest BCUT2D eigenvalue weighted by Gasteiger charge is 2.20. The molecular formula is C16H20N4O2. The molecule has 1 saturated heterocycles. The second-order valence-corrected chi connectivity index (χ2v) is 5.46. The van der Waals surface area contributed by atoms with E-state index in [0.29, 0.717) is 11.9 Å². The molecule has 0 bridgehead atoms. The summed E-state index contributed by atoms with van der Waals surface area (Å²) in [6.45, 7) is 6.39. The minimum absolute atomic E-state index is 0.132. The van der Waals surface area contributed by atoms with Crippen LogP contribution in [0, 0.1) is 0 Å². The first-order valence-corrected chi connectivity index (χ1v) is 7.58. The summed E-state index contributed by atoms with van der Waals surface area (Å²) in [5.41, 5.74) is 1.47. The van der Waals surface area contributed by atoms with E-state index in [4.69, 9.17) is 4.74 Å². The lowest BCUT2D eigenvalue weighted by molar-refractivity contribution is 0.0985. The van der Waals surface area contributed by atoms with E-state index in [9.17, 15) is 4.79 Å². The molecule has 0 amide bonds. The molecule has 6 heteroatoms. The molecule has 0 aliphatic carbocycles. The van der Waals surface area contributed by atoms with Gasteiger partial charge in [0, 0.05) is 30.1 Å². The Labute approximate surface area is 129 Å². The largest absolute Gasteiger partial charge is 0.377 e. The summed E-state index contributed by atoms with van der Waals surface area (Å²) in [6, 6.07) is 5.76. The molecule has 0 spiro atoms. The number of aromatic nitrogens is 3. The van der Waals surface area contributed by atoms with Crippen molar-refractivity contribution in [1.82, 2.24) is 15.0 Å². The second-order valence-electron chi connectivity index (χ2n) is 5.46. The topological polar surface area (TPSA) is 71.1 Å². The number of nitrogens with one attached hydrogen (secondary N) is 1. The molecule has 3 rings (SSSR count). The predicted octanol–water partition coefficient (Wildman–Crippen LogP) is 1.62. The molecule has 0 saturated carbocycles. The molecule has 116 valence electrons. The molecule has 3 heterocycles. The first-order chi connectivity index (χ1) is 10.7. The Kier molecular flexibility index (Phi) is 4.20. The van der Waals surface area contributed by atoms with E-state index in [1.807, 2.05) is 19.1 Å². The molecule has 0 radical (unpaired) electrons. The molecule has 2 aromatic rings. The molecule has 1 atom stereocenters. The lowest BCUT2D eigenvalue weighted by atomic mass is 10.2. The van der Waals surface area contributed by atoms with Crippen LogP contribution < -0.4 is 10.5 Å². The Hall–Kier alpha value is -2.21. The van der Waals surface area contributed by atoms with Crippen molar-refractivity contribution in [2.24, 2.45) is 0 Å². The number of hydrogen-bond donors (Lipinski definition) is 1. The summed E-state index contributed by atoms with van der Waals surface area (Å²) in [4.78, 5) is 25.6. The van der Waals surface area contributed by atoms with Gasteiger partial charge in [0.1, 0.15) is 11.6 Å². The summed E-state index contributed by atoms with van der Waals surface area (Å²) < 4.78 is 5.45. The number of morpholine rings is 1. The van der Waals surface area contributed by atoms with Gasteiger partial charge < -0.3 is 14.6 Å². The maximum absolute atomic E-state index is 11.7. The molecule has 22 heavy (non-hydrogen) atoms. The SMILES string of the molecule is CCc1cc(=O)[nH]c(-c2ccc(N3CCOC[C@@H]3C)nc2)n1. The fraction of sp³-hybridized carbons (Fsp3) is 0.438. The van der Waals surface area contributed by atoms with Gasteiger partial charge in [-0.1, -0.05) is 6.92 Å². The van der Waals surface area contributed by atoms with Gasteiger partial charge in [-0.3, -0.25) is 4.79 Å². The first kappa shape index (κ1) is 14.7. The monoisotopic (exact) mass is 300 g/mol. The highest BCUT2D eigenvalue weighted by Crippen LogP contribution is 2.20. The average Bonchev–Trinajstić information content (AvgIpc) is 2.55. The van der Waals surface area contributed by atoms with Gasteiger partial charge in [0.15, 0.2) is 0 Å². The molecule has 1 aliphatic rings. The van der Waals surface area contributed by atoms with Gasteiger partial charge >= 0.3 is 0 Å². The van der Waals surface area contributed by atoms with Crippen LogP contribution in [0.5, 0.6) is 0 Å². The van der Waals surface area contributed by atoms with Crippen molar-refractivity contribution >= 4 is 5.82 Å². The first-order valence-electron chi connectivity index (χ1n) is 7.58. The van der Waals surface area contributed by atoms with Crippen LogP contribution >= 0.6 is 0 Å². The smallest absolute Gasteiger partial charge is 0.251 e. The van der Waals surface area contributed by atoms with Gasteiger partial charge in [-0.15, -0.1) is 0 Å². The standard InChI is InChI=1S/C16H20N4O2/c1-3-13-8-15(21)19-16(18-13)12-4-5-14(17-9-12)20-6-7-22-10-11(20)2/h4-5,8-9,11H,3,6-7,10H2,1-2H3,(H,18,19,21)/t11-/m0/s1. The zero-order valence-corrected chi connectivity index (χ0v) is 12.9. The zero-order valence-electron chi connectivity index (χ0n) is 12.9. The van der Waals surface area contributed by atoms with Crippen molar-refractivity contribution in [2.45, 2.75) is 26.3 Å².